The van der Waals surface area contributed by atoms with E-state index in [-0.39, 0.29) is 6.04 Å². The van der Waals surface area contributed by atoms with Gasteiger partial charge in [0.1, 0.15) is 5.69 Å². The molecule has 0 spiro atoms. The first-order chi connectivity index (χ1) is 10.0. The van der Waals surface area contributed by atoms with Crippen LogP contribution in [-0.2, 0) is 6.54 Å². The summed E-state index contributed by atoms with van der Waals surface area (Å²) in [5, 5.41) is 4.37. The van der Waals surface area contributed by atoms with Gasteiger partial charge in [0.15, 0.2) is 5.75 Å². The standard InChI is InChI=1S/C14H20BrN5O/c1-19(2)6-7-20-14(12(21-3)9-18-20)13(16)11-5-4-10(15)8-17-11/h4-5,8-9,13H,6-7,16H2,1-3H3. The molecule has 114 valence electrons. The van der Waals surface area contributed by atoms with Crippen LogP contribution in [0.2, 0.25) is 0 Å². The number of halogens is 1. The van der Waals surface area contributed by atoms with Crippen molar-refractivity contribution in [1.82, 2.24) is 19.7 Å². The predicted octanol–water partition coefficient (Wildman–Crippen LogP) is 1.66. The van der Waals surface area contributed by atoms with E-state index in [4.69, 9.17) is 10.5 Å². The fraction of sp³-hybridized carbons (Fsp3) is 0.429. The first-order valence-electron chi connectivity index (χ1n) is 6.64. The zero-order chi connectivity index (χ0) is 15.4. The summed E-state index contributed by atoms with van der Waals surface area (Å²) >= 11 is 3.38. The maximum Gasteiger partial charge on any atom is 0.161 e. The zero-order valence-electron chi connectivity index (χ0n) is 12.5. The molecule has 2 heterocycles. The molecule has 0 radical (unpaired) electrons. The third-order valence-electron chi connectivity index (χ3n) is 3.19. The molecule has 0 bridgehead atoms. The summed E-state index contributed by atoms with van der Waals surface area (Å²) in [5.41, 5.74) is 7.98. The minimum absolute atomic E-state index is 0.377. The highest BCUT2D eigenvalue weighted by Gasteiger charge is 2.21. The number of hydrogen-bond donors (Lipinski definition) is 1. The van der Waals surface area contributed by atoms with E-state index in [2.05, 4.69) is 30.9 Å². The Labute approximate surface area is 133 Å². The van der Waals surface area contributed by atoms with Crippen molar-refractivity contribution in [2.45, 2.75) is 12.6 Å². The number of nitrogens with two attached hydrogens (primary N) is 1. The Bertz CT molecular complexity index is 582. The van der Waals surface area contributed by atoms with E-state index in [9.17, 15) is 0 Å². The van der Waals surface area contributed by atoms with E-state index in [0.29, 0.717) is 5.75 Å². The third-order valence-corrected chi connectivity index (χ3v) is 3.66. The number of ether oxygens (including phenoxy) is 1. The van der Waals surface area contributed by atoms with Crippen LogP contribution in [0.15, 0.2) is 29.0 Å². The first-order valence-corrected chi connectivity index (χ1v) is 7.43. The normalized spacial score (nSPS) is 12.7. The van der Waals surface area contributed by atoms with Gasteiger partial charge in [0.25, 0.3) is 0 Å². The molecule has 0 aliphatic heterocycles. The molecule has 2 rings (SSSR count). The Hall–Kier alpha value is -1.44. The van der Waals surface area contributed by atoms with Gasteiger partial charge in [0.2, 0.25) is 0 Å². The molecule has 1 unspecified atom stereocenters. The number of nitrogens with zero attached hydrogens (tertiary/aromatic N) is 4. The molecule has 2 N–H and O–H groups in total. The summed E-state index contributed by atoms with van der Waals surface area (Å²) in [4.78, 5) is 6.47. The van der Waals surface area contributed by atoms with Gasteiger partial charge in [-0.2, -0.15) is 5.10 Å². The van der Waals surface area contributed by atoms with E-state index < -0.39 is 0 Å². The van der Waals surface area contributed by atoms with Crippen LogP contribution in [0.3, 0.4) is 0 Å². The highest BCUT2D eigenvalue weighted by Crippen LogP contribution is 2.27. The molecule has 0 saturated carbocycles. The molecule has 0 aliphatic rings. The van der Waals surface area contributed by atoms with Gasteiger partial charge in [-0.05, 0) is 42.2 Å². The lowest BCUT2D eigenvalue weighted by Crippen LogP contribution is -2.24. The Morgan fingerprint density at radius 3 is 2.71 bits per heavy atom. The van der Waals surface area contributed by atoms with Crippen molar-refractivity contribution >= 4 is 15.9 Å². The predicted molar refractivity (Wildman–Crippen MR) is 85.3 cm³/mol. The van der Waals surface area contributed by atoms with Gasteiger partial charge in [0, 0.05) is 17.2 Å². The summed E-state index contributed by atoms with van der Waals surface area (Å²) in [6, 6.07) is 3.45. The van der Waals surface area contributed by atoms with Crippen LogP contribution in [0.1, 0.15) is 17.4 Å². The quantitative estimate of drug-likeness (QED) is 0.855. The number of pyridine rings is 1. The van der Waals surface area contributed by atoms with Crippen LogP contribution >= 0.6 is 15.9 Å². The largest absolute Gasteiger partial charge is 0.493 e. The summed E-state index contributed by atoms with van der Waals surface area (Å²) in [5.74, 6) is 0.686. The lowest BCUT2D eigenvalue weighted by Gasteiger charge is -2.17. The summed E-state index contributed by atoms with van der Waals surface area (Å²) < 4.78 is 8.19. The minimum Gasteiger partial charge on any atom is -0.493 e. The Kier molecular flexibility index (Phi) is 5.33. The molecule has 2 aromatic heterocycles. The molecule has 21 heavy (non-hydrogen) atoms. The second kappa shape index (κ2) is 7.02. The van der Waals surface area contributed by atoms with Gasteiger partial charge in [-0.25, -0.2) is 0 Å². The molecule has 0 saturated heterocycles. The van der Waals surface area contributed by atoms with E-state index in [0.717, 1.165) is 29.0 Å². The van der Waals surface area contributed by atoms with Crippen LogP contribution in [0.5, 0.6) is 5.75 Å². The molecule has 6 nitrogen and oxygen atoms in total. The zero-order valence-corrected chi connectivity index (χ0v) is 14.0. The molecular weight excluding hydrogens is 334 g/mol. The number of methoxy groups -OCH3 is 1. The fourth-order valence-electron chi connectivity index (χ4n) is 2.03. The molecule has 2 aromatic rings. The van der Waals surface area contributed by atoms with Crippen molar-refractivity contribution in [3.63, 3.8) is 0 Å². The van der Waals surface area contributed by atoms with Crippen molar-refractivity contribution in [1.29, 1.82) is 0 Å². The molecular formula is C14H20BrN5O. The Morgan fingerprint density at radius 2 is 2.14 bits per heavy atom. The average Bonchev–Trinajstić information content (AvgIpc) is 2.88. The van der Waals surface area contributed by atoms with Gasteiger partial charge in [-0.15, -0.1) is 0 Å². The van der Waals surface area contributed by atoms with E-state index in [1.807, 2.05) is 30.9 Å². The smallest absolute Gasteiger partial charge is 0.161 e. The maximum absolute atomic E-state index is 6.36. The monoisotopic (exact) mass is 353 g/mol. The van der Waals surface area contributed by atoms with Gasteiger partial charge < -0.3 is 15.4 Å². The molecule has 0 aliphatic carbocycles. The topological polar surface area (TPSA) is 69.2 Å². The molecule has 0 amide bonds. The van der Waals surface area contributed by atoms with Crippen LogP contribution in [0.4, 0.5) is 0 Å². The van der Waals surface area contributed by atoms with Crippen LogP contribution in [0.25, 0.3) is 0 Å². The van der Waals surface area contributed by atoms with Crippen LogP contribution in [-0.4, -0.2) is 47.4 Å². The van der Waals surface area contributed by atoms with Crippen molar-refractivity contribution < 1.29 is 4.74 Å². The Balaban J connectivity index is 2.31. The highest BCUT2D eigenvalue weighted by molar-refractivity contribution is 9.10. The van der Waals surface area contributed by atoms with Crippen molar-refractivity contribution in [3.05, 3.63) is 40.4 Å². The average molecular weight is 354 g/mol. The van der Waals surface area contributed by atoms with E-state index >= 15 is 0 Å². The molecule has 0 fully saturated rings. The fourth-order valence-corrected chi connectivity index (χ4v) is 2.27. The lowest BCUT2D eigenvalue weighted by molar-refractivity contribution is 0.363. The van der Waals surface area contributed by atoms with Crippen molar-refractivity contribution in [2.75, 3.05) is 27.7 Å². The Morgan fingerprint density at radius 1 is 1.38 bits per heavy atom. The van der Waals surface area contributed by atoms with Crippen molar-refractivity contribution in [2.24, 2.45) is 5.73 Å². The summed E-state index contributed by atoms with van der Waals surface area (Å²) in [6.07, 6.45) is 3.44. The summed E-state index contributed by atoms with van der Waals surface area (Å²) in [7, 11) is 5.67. The second-order valence-electron chi connectivity index (χ2n) is 5.00. The first kappa shape index (κ1) is 15.9. The van der Waals surface area contributed by atoms with Gasteiger partial charge >= 0.3 is 0 Å². The highest BCUT2D eigenvalue weighted by atomic mass is 79.9. The SMILES string of the molecule is COc1cnn(CCN(C)C)c1C(N)c1ccc(Br)cn1. The van der Waals surface area contributed by atoms with Gasteiger partial charge in [-0.1, -0.05) is 0 Å². The number of aromatic nitrogens is 3. The van der Waals surface area contributed by atoms with E-state index in [1.54, 1.807) is 19.5 Å². The molecule has 1 atom stereocenters. The van der Waals surface area contributed by atoms with Gasteiger partial charge in [-0.3, -0.25) is 9.67 Å². The van der Waals surface area contributed by atoms with Crippen LogP contribution in [0, 0.1) is 0 Å². The number of likely N-dealkylation sites (N-methyl/N-ethyl adjacent to an activating group) is 1. The number of hydrogen-bond acceptors (Lipinski definition) is 5. The van der Waals surface area contributed by atoms with Crippen LogP contribution < -0.4 is 10.5 Å². The maximum atomic E-state index is 6.36. The van der Waals surface area contributed by atoms with Crippen molar-refractivity contribution in [3.8, 4) is 5.75 Å². The summed E-state index contributed by atoms with van der Waals surface area (Å²) in [6.45, 7) is 1.62. The van der Waals surface area contributed by atoms with Gasteiger partial charge in [0.05, 0.1) is 31.6 Å². The van der Waals surface area contributed by atoms with E-state index in [1.165, 1.54) is 0 Å². The second-order valence-corrected chi connectivity index (χ2v) is 5.92. The molecule has 7 heteroatoms. The molecule has 0 aromatic carbocycles. The minimum atomic E-state index is -0.377. The lowest BCUT2D eigenvalue weighted by atomic mass is 10.1. The number of rotatable bonds is 6. The third kappa shape index (κ3) is 3.81.